The first kappa shape index (κ1) is 17.0. The molecule has 2 aliphatic carbocycles. The lowest BCUT2D eigenvalue weighted by Crippen LogP contribution is -2.43. The predicted octanol–water partition coefficient (Wildman–Crippen LogP) is 4.43. The molecule has 2 atom stereocenters. The number of rotatable bonds is 2. The number of carbonyl (C=O) groups excluding carboxylic acids is 2. The maximum absolute atomic E-state index is 12.9. The van der Waals surface area contributed by atoms with Crippen LogP contribution in [-0.2, 0) is 15.8 Å². The van der Waals surface area contributed by atoms with Crippen molar-refractivity contribution in [2.75, 3.05) is 5.32 Å². The van der Waals surface area contributed by atoms with Gasteiger partial charge in [-0.3, -0.25) is 9.59 Å². The summed E-state index contributed by atoms with van der Waals surface area (Å²) in [6.07, 6.45) is -3.10. The van der Waals surface area contributed by atoms with Crippen LogP contribution in [0.2, 0.25) is 0 Å². The highest BCUT2D eigenvalue weighted by Gasteiger charge is 2.72. The smallest absolute Gasteiger partial charge is 0.326 e. The van der Waals surface area contributed by atoms with E-state index in [0.717, 1.165) is 12.1 Å². The zero-order chi connectivity index (χ0) is 18.0. The fourth-order valence-corrected chi connectivity index (χ4v) is 4.38. The molecule has 3 rings (SSSR count). The van der Waals surface area contributed by atoms with E-state index in [4.69, 9.17) is 0 Å². The second kappa shape index (κ2) is 4.83. The lowest BCUT2D eigenvalue weighted by Gasteiger charge is -2.38. The molecular weight excluding hydrogens is 319 g/mol. The normalized spacial score (nSPS) is 31.3. The SMILES string of the molecule is CC12CCC(C(=O)Nc3cccc(C(F)(F)F)c3)(CC1=O)C2(C)C. The van der Waals surface area contributed by atoms with Gasteiger partial charge in [-0.25, -0.2) is 0 Å². The summed E-state index contributed by atoms with van der Waals surface area (Å²) in [5.74, 6) is -0.292. The van der Waals surface area contributed by atoms with Crippen molar-refractivity contribution in [1.82, 2.24) is 0 Å². The molecule has 1 aromatic carbocycles. The Bertz CT molecular complexity index is 725. The first-order valence-electron chi connectivity index (χ1n) is 7.96. The minimum absolute atomic E-state index is 0.0675. The molecule has 0 heterocycles. The minimum Gasteiger partial charge on any atom is -0.326 e. The Morgan fingerprint density at radius 3 is 2.33 bits per heavy atom. The minimum atomic E-state index is -4.46. The van der Waals surface area contributed by atoms with E-state index in [1.54, 1.807) is 0 Å². The Morgan fingerprint density at radius 1 is 1.17 bits per heavy atom. The molecule has 130 valence electrons. The van der Waals surface area contributed by atoms with E-state index in [1.165, 1.54) is 12.1 Å². The van der Waals surface area contributed by atoms with E-state index in [0.29, 0.717) is 12.8 Å². The molecular formula is C18H20F3NO2. The number of carbonyl (C=O) groups is 2. The van der Waals surface area contributed by atoms with Gasteiger partial charge in [0.2, 0.25) is 5.91 Å². The molecule has 2 unspecified atom stereocenters. The molecule has 0 saturated heterocycles. The van der Waals surface area contributed by atoms with Gasteiger partial charge in [0.05, 0.1) is 11.0 Å². The number of hydrogen-bond acceptors (Lipinski definition) is 2. The second-order valence-electron chi connectivity index (χ2n) is 7.67. The van der Waals surface area contributed by atoms with Crippen LogP contribution in [0, 0.1) is 16.2 Å². The molecule has 0 spiro atoms. The molecule has 2 aliphatic rings. The van der Waals surface area contributed by atoms with Crippen molar-refractivity contribution in [2.45, 2.75) is 46.2 Å². The Labute approximate surface area is 138 Å². The van der Waals surface area contributed by atoms with Crippen LogP contribution in [0.25, 0.3) is 0 Å². The summed E-state index contributed by atoms with van der Waals surface area (Å²) < 4.78 is 38.5. The number of Topliss-reactive ketones (excluding diaryl/α,β-unsaturated/α-hetero) is 1. The fraction of sp³-hybridized carbons (Fsp3) is 0.556. The highest BCUT2D eigenvalue weighted by atomic mass is 19.4. The van der Waals surface area contributed by atoms with Crippen LogP contribution in [0.5, 0.6) is 0 Å². The number of anilines is 1. The van der Waals surface area contributed by atoms with Gasteiger partial charge in [0.15, 0.2) is 0 Å². The Morgan fingerprint density at radius 2 is 1.83 bits per heavy atom. The predicted molar refractivity (Wildman–Crippen MR) is 83.3 cm³/mol. The highest BCUT2D eigenvalue weighted by Crippen LogP contribution is 2.70. The zero-order valence-corrected chi connectivity index (χ0v) is 13.9. The lowest BCUT2D eigenvalue weighted by molar-refractivity contribution is -0.137. The molecule has 0 radical (unpaired) electrons. The summed E-state index contributed by atoms with van der Waals surface area (Å²) in [5, 5.41) is 2.62. The quantitative estimate of drug-likeness (QED) is 0.866. The van der Waals surface area contributed by atoms with Crippen LogP contribution in [0.1, 0.15) is 45.6 Å². The molecule has 24 heavy (non-hydrogen) atoms. The highest BCUT2D eigenvalue weighted by molar-refractivity contribution is 6.04. The first-order chi connectivity index (χ1) is 10.9. The van der Waals surface area contributed by atoms with Gasteiger partial charge in [0.25, 0.3) is 0 Å². The third-order valence-electron chi connectivity index (χ3n) is 6.59. The van der Waals surface area contributed by atoms with Crippen molar-refractivity contribution < 1.29 is 22.8 Å². The maximum atomic E-state index is 12.9. The molecule has 1 N–H and O–H groups in total. The summed E-state index contributed by atoms with van der Waals surface area (Å²) in [6.45, 7) is 5.72. The van der Waals surface area contributed by atoms with Gasteiger partial charge >= 0.3 is 6.18 Å². The van der Waals surface area contributed by atoms with Crippen LogP contribution >= 0.6 is 0 Å². The van der Waals surface area contributed by atoms with Crippen molar-refractivity contribution in [1.29, 1.82) is 0 Å². The zero-order valence-electron chi connectivity index (χ0n) is 13.9. The summed E-state index contributed by atoms with van der Waals surface area (Å²) in [7, 11) is 0. The van der Waals surface area contributed by atoms with Gasteiger partial charge in [-0.05, 0) is 36.5 Å². The number of benzene rings is 1. The van der Waals surface area contributed by atoms with Crippen molar-refractivity contribution in [3.8, 4) is 0 Å². The number of hydrogen-bond donors (Lipinski definition) is 1. The van der Waals surface area contributed by atoms with Gasteiger partial charge in [-0.15, -0.1) is 0 Å². The average Bonchev–Trinajstić information content (AvgIpc) is 2.77. The van der Waals surface area contributed by atoms with Crippen LogP contribution in [-0.4, -0.2) is 11.7 Å². The van der Waals surface area contributed by atoms with Crippen molar-refractivity contribution >= 4 is 17.4 Å². The summed E-state index contributed by atoms with van der Waals surface area (Å²) in [5.41, 5.74) is -2.63. The summed E-state index contributed by atoms with van der Waals surface area (Å²) in [4.78, 5) is 25.3. The van der Waals surface area contributed by atoms with Crippen LogP contribution in [0.4, 0.5) is 18.9 Å². The maximum Gasteiger partial charge on any atom is 0.416 e. The molecule has 0 aliphatic heterocycles. The molecule has 2 saturated carbocycles. The lowest BCUT2D eigenvalue weighted by atomic mass is 9.64. The van der Waals surface area contributed by atoms with E-state index in [2.05, 4.69) is 5.32 Å². The summed E-state index contributed by atoms with van der Waals surface area (Å²) in [6, 6.07) is 4.58. The number of halogens is 3. The molecule has 1 aromatic rings. The van der Waals surface area contributed by atoms with E-state index >= 15 is 0 Å². The summed E-state index contributed by atoms with van der Waals surface area (Å²) >= 11 is 0. The van der Waals surface area contributed by atoms with Gasteiger partial charge < -0.3 is 5.32 Å². The van der Waals surface area contributed by atoms with E-state index in [1.807, 2.05) is 20.8 Å². The van der Waals surface area contributed by atoms with Crippen LogP contribution < -0.4 is 5.32 Å². The number of nitrogens with one attached hydrogen (secondary N) is 1. The molecule has 1 amide bonds. The molecule has 3 nitrogen and oxygen atoms in total. The molecule has 2 fully saturated rings. The van der Waals surface area contributed by atoms with Crippen LogP contribution in [0.15, 0.2) is 24.3 Å². The Balaban J connectivity index is 1.90. The van der Waals surface area contributed by atoms with E-state index in [9.17, 15) is 22.8 Å². The van der Waals surface area contributed by atoms with Crippen molar-refractivity contribution in [3.63, 3.8) is 0 Å². The number of amides is 1. The van der Waals surface area contributed by atoms with Gasteiger partial charge in [-0.1, -0.05) is 26.8 Å². The average molecular weight is 339 g/mol. The van der Waals surface area contributed by atoms with Crippen molar-refractivity contribution in [3.05, 3.63) is 29.8 Å². The second-order valence-corrected chi connectivity index (χ2v) is 7.67. The van der Waals surface area contributed by atoms with E-state index < -0.39 is 28.0 Å². The van der Waals surface area contributed by atoms with Gasteiger partial charge in [0, 0.05) is 17.5 Å². The largest absolute Gasteiger partial charge is 0.416 e. The van der Waals surface area contributed by atoms with Gasteiger partial charge in [0.1, 0.15) is 5.78 Å². The number of alkyl halides is 3. The van der Waals surface area contributed by atoms with Crippen molar-refractivity contribution in [2.24, 2.45) is 16.2 Å². The van der Waals surface area contributed by atoms with Crippen LogP contribution in [0.3, 0.4) is 0 Å². The molecule has 0 aromatic heterocycles. The molecule has 6 heteroatoms. The Kier molecular flexibility index (Phi) is 3.42. The third-order valence-corrected chi connectivity index (χ3v) is 6.59. The fourth-order valence-electron chi connectivity index (χ4n) is 4.38. The monoisotopic (exact) mass is 339 g/mol. The Hall–Kier alpha value is -1.85. The number of ketones is 1. The first-order valence-corrected chi connectivity index (χ1v) is 7.96. The van der Waals surface area contributed by atoms with E-state index in [-0.39, 0.29) is 23.8 Å². The van der Waals surface area contributed by atoms with Gasteiger partial charge in [-0.2, -0.15) is 13.2 Å². The topological polar surface area (TPSA) is 46.2 Å². The standard InChI is InChI=1S/C18H20F3NO2/c1-15(2)16(3)7-8-17(15,10-13(16)23)14(24)22-12-6-4-5-11(9-12)18(19,20)21/h4-6,9H,7-8,10H2,1-3H3,(H,22,24). The third kappa shape index (κ3) is 2.04. The number of fused-ring (bicyclic) bond motifs is 2. The molecule has 2 bridgehead atoms.